The first-order valence-electron chi connectivity index (χ1n) is 1.43. The molecular weight excluding hydrogens is 506 g/mol. The molecule has 0 nitrogen and oxygen atoms in total. The Kier molecular flexibility index (Phi) is 61.2. The Morgan fingerprint density at radius 2 is 0.667 bits per heavy atom. The van der Waals surface area contributed by atoms with Crippen molar-refractivity contribution in [1.82, 2.24) is 0 Å². The molecule has 0 aliphatic rings. The van der Waals surface area contributed by atoms with Gasteiger partial charge < -0.3 is 0 Å². The fourth-order valence-corrected chi connectivity index (χ4v) is 0. The minimum absolute atomic E-state index is 0.553. The molecule has 0 aliphatic carbocycles. The third-order valence-electron chi connectivity index (χ3n) is 0. The minimum Gasteiger partial charge on any atom is -0.107 e. The predicted octanol–water partition coefficient (Wildman–Crippen LogP) is 3.30. The van der Waals surface area contributed by atoms with Crippen LogP contribution in [0, 0.1) is 0 Å². The van der Waals surface area contributed by atoms with Gasteiger partial charge in [0.25, 0.3) is 0 Å². The van der Waals surface area contributed by atoms with Gasteiger partial charge in [0, 0.05) is 0 Å². The van der Waals surface area contributed by atoms with Crippen molar-refractivity contribution in [2.24, 2.45) is 0 Å². The summed E-state index contributed by atoms with van der Waals surface area (Å²) in [6.45, 7) is 0. The molecule has 0 saturated heterocycles. The lowest BCUT2D eigenvalue weighted by atomic mass is 10.8. The zero-order valence-corrected chi connectivity index (χ0v) is 13.8. The second-order valence-electron chi connectivity index (χ2n) is 0.327. The molecule has 0 bridgehead atoms. The van der Waals surface area contributed by atoms with Gasteiger partial charge in [0.15, 0.2) is 0 Å². The van der Waals surface area contributed by atoms with Gasteiger partial charge in [0.1, 0.15) is 22.7 Å². The highest BCUT2D eigenvalue weighted by atomic mass is 127. The van der Waals surface area contributed by atoms with Crippen LogP contribution in [0.4, 0.5) is 0 Å². The van der Waals surface area contributed by atoms with Gasteiger partial charge in [0.2, 0.25) is 0 Å². The highest BCUT2D eigenvalue weighted by Gasteiger charge is 1.38. The first-order valence-corrected chi connectivity index (χ1v) is 14.0. The van der Waals surface area contributed by atoms with Crippen molar-refractivity contribution in [2.45, 2.75) is 0 Å². The van der Waals surface area contributed by atoms with Crippen LogP contribution in [0.1, 0.15) is 0 Å². The fraction of sp³-hybridized carbons (Fsp3) is 0. The second-order valence-corrected chi connectivity index (χ2v) is 6.59. The summed E-state index contributed by atoms with van der Waals surface area (Å²) in [7, 11) is 14.6. The van der Waals surface area contributed by atoms with Crippen LogP contribution < -0.4 is 0 Å². The van der Waals surface area contributed by atoms with Crippen molar-refractivity contribution in [3.05, 3.63) is 0 Å². The van der Waals surface area contributed by atoms with E-state index in [1.165, 1.54) is 0 Å². The third-order valence-corrected chi connectivity index (χ3v) is 0. The largest absolute Gasteiger partial charge is 0.118 e. The monoisotopic (exact) mass is 510 g/mol. The molecule has 0 saturated carbocycles. The summed E-state index contributed by atoms with van der Waals surface area (Å²) in [6, 6.07) is 0. The Morgan fingerprint density at radius 3 is 0.667 bits per heavy atom. The summed E-state index contributed by atoms with van der Waals surface area (Å²) in [5.74, 6) is 0. The van der Waals surface area contributed by atoms with Crippen LogP contribution >= 0.6 is 84.4 Å². The quantitative estimate of drug-likeness (QED) is 0.267. The van der Waals surface area contributed by atoms with Crippen molar-refractivity contribution < 1.29 is 0 Å². The van der Waals surface area contributed by atoms with Crippen LogP contribution in [-0.4, -0.2) is 22.7 Å². The fourth-order valence-electron chi connectivity index (χ4n) is 0. The Hall–Kier alpha value is 3.67. The van der Waals surface area contributed by atoms with Crippen LogP contribution in [-0.2, 0) is 0 Å². The molecule has 3 unspecified atom stereocenters. The van der Waals surface area contributed by atoms with E-state index in [0.29, 0.717) is 18.3 Å². The summed E-state index contributed by atoms with van der Waals surface area (Å²) < 4.78 is 0. The maximum atomic E-state index is 4.86. The van der Waals surface area contributed by atoms with Crippen molar-refractivity contribution in [1.29, 1.82) is 0 Å². The topological polar surface area (TPSA) is 0 Å². The lowest BCUT2D eigenvalue weighted by Gasteiger charge is -1.46. The van der Waals surface area contributed by atoms with E-state index < -0.39 is 0 Å². The summed E-state index contributed by atoms with van der Waals surface area (Å²) >= 11 is 6.28. The van der Waals surface area contributed by atoms with Crippen molar-refractivity contribution >= 4 is 107 Å². The van der Waals surface area contributed by atoms with Crippen LogP contribution in [0.3, 0.4) is 0 Å². The van der Waals surface area contributed by atoms with Gasteiger partial charge in [-0.3, -0.25) is 0 Å². The molecule has 0 rings (SSSR count). The van der Waals surface area contributed by atoms with Gasteiger partial charge in [-0.25, -0.2) is 0 Å². The number of rotatable bonds is 0. The molecule has 3 atom stereocenters. The molecule has 0 aliphatic heterocycles. The molecule has 9 heteroatoms. The number of hydrogen-bond donors (Lipinski definition) is 0. The van der Waals surface area contributed by atoms with Crippen LogP contribution in [0.2, 0.25) is 0 Å². The molecule has 0 fully saturated rings. The van der Waals surface area contributed by atoms with Gasteiger partial charge in [-0.05, 0) is 0 Å². The lowest BCUT2D eigenvalue weighted by Crippen LogP contribution is -1.08. The van der Waals surface area contributed by atoms with Crippen LogP contribution in [0.5, 0.6) is 0 Å². The number of halogens is 3. The van der Waals surface area contributed by atoms with E-state index in [9.17, 15) is 0 Å². The minimum atomic E-state index is 0.553. The molecule has 0 aromatic heterocycles. The predicted molar refractivity (Wildman–Crippen MR) is 84.3 cm³/mol. The zero-order valence-electron chi connectivity index (χ0n) is 4.37. The van der Waals surface area contributed by atoms with Gasteiger partial charge in [-0.1, -0.05) is 66.1 Å². The van der Waals surface area contributed by atoms with E-state index in [4.69, 9.17) is 22.7 Å². The van der Waals surface area contributed by atoms with E-state index in [-0.39, 0.29) is 0 Å². The van der Waals surface area contributed by atoms with Crippen molar-refractivity contribution in [2.75, 3.05) is 0 Å². The van der Waals surface area contributed by atoms with Crippen molar-refractivity contribution in [3.63, 3.8) is 0 Å². The highest BCUT2D eigenvalue weighted by molar-refractivity contribution is 14.2. The number of hydrogen-bond acceptors (Lipinski definition) is 0. The first kappa shape index (κ1) is 18.5. The molecule has 0 N–H and O–H groups in total. The Labute approximate surface area is 105 Å². The molecular formula is H3B3I3P3. The summed E-state index contributed by atoms with van der Waals surface area (Å²) in [5.41, 5.74) is 0. The van der Waals surface area contributed by atoms with Gasteiger partial charge in [0.05, 0.1) is 0 Å². The van der Waals surface area contributed by atoms with E-state index in [1.807, 2.05) is 0 Å². The first-order chi connectivity index (χ1) is 4.24. The zero-order chi connectivity index (χ0) is 8.12. The molecule has 9 heavy (non-hydrogen) atoms. The van der Waals surface area contributed by atoms with E-state index in [2.05, 4.69) is 66.1 Å². The lowest BCUT2D eigenvalue weighted by molar-refractivity contribution is 5.15. The smallest absolute Gasteiger partial charge is 0.107 e. The molecule has 6 radical (unpaired) electrons. The molecule has 0 aromatic rings. The second kappa shape index (κ2) is 29.9. The SMILES string of the molecule is [B]PI.[B]PI.[B]PI. The Balaban J connectivity index is -0.0000000600. The molecule has 0 spiro atoms. The average Bonchev–Trinajstić information content (AvgIpc) is 1.70. The summed E-state index contributed by atoms with van der Waals surface area (Å²) in [5, 5.41) is 0. The average molecular weight is 509 g/mol. The maximum absolute atomic E-state index is 4.86. The van der Waals surface area contributed by atoms with E-state index in [1.54, 1.807) is 0 Å². The summed E-state index contributed by atoms with van der Waals surface area (Å²) in [6.07, 6.45) is 1.66. The van der Waals surface area contributed by atoms with Crippen molar-refractivity contribution in [3.8, 4) is 0 Å². The Morgan fingerprint density at radius 1 is 0.667 bits per heavy atom. The highest BCUT2D eigenvalue weighted by Crippen LogP contribution is 2.10. The maximum Gasteiger partial charge on any atom is 0.118 e. The molecule has 0 heterocycles. The van der Waals surface area contributed by atoms with E-state index >= 15 is 0 Å². The molecule has 0 aromatic carbocycles. The van der Waals surface area contributed by atoms with Crippen LogP contribution in [0.25, 0.3) is 0 Å². The van der Waals surface area contributed by atoms with Gasteiger partial charge in [-0.15, -0.1) is 18.3 Å². The molecule has 0 amide bonds. The molecule has 48 valence electrons. The van der Waals surface area contributed by atoms with Gasteiger partial charge in [-0.2, -0.15) is 0 Å². The van der Waals surface area contributed by atoms with E-state index in [0.717, 1.165) is 0 Å². The standard InChI is InChI=1S/3BHIP/c3*1-3-2/h3*3H. The normalized spacial score (nSPS) is 9.67. The van der Waals surface area contributed by atoms with Gasteiger partial charge >= 0.3 is 0 Å². The third kappa shape index (κ3) is 80.9. The summed E-state index contributed by atoms with van der Waals surface area (Å²) in [4.78, 5) is 0. The Bertz CT molecular complexity index is 19.0. The van der Waals surface area contributed by atoms with Crippen LogP contribution in [0.15, 0.2) is 0 Å².